The van der Waals surface area contributed by atoms with E-state index in [1.165, 1.54) is 7.11 Å². The number of methoxy groups -OCH3 is 1. The monoisotopic (exact) mass is 251 g/mol. The molecule has 0 radical (unpaired) electrons. The van der Waals surface area contributed by atoms with Crippen LogP contribution < -0.4 is 5.32 Å². The van der Waals surface area contributed by atoms with Gasteiger partial charge in [0.25, 0.3) is 0 Å². The second-order valence-electron chi connectivity index (χ2n) is 3.81. The largest absolute Gasteiger partial charge is 0.467 e. The van der Waals surface area contributed by atoms with Gasteiger partial charge in [0.1, 0.15) is 0 Å². The highest BCUT2D eigenvalue weighted by atomic mass is 16.5. The molecule has 0 fully saturated rings. The number of hydrogen-bond acceptors (Lipinski definition) is 4. The molecular weight excluding hydrogens is 234 g/mol. The Morgan fingerprint density at radius 1 is 1.33 bits per heavy atom. The number of carbonyl (C=O) groups is 2. The Bertz CT molecular complexity index is 391. The Balaban J connectivity index is 2.39. The first-order valence-electron chi connectivity index (χ1n) is 5.69. The van der Waals surface area contributed by atoms with Gasteiger partial charge in [0.2, 0.25) is 5.91 Å². The van der Waals surface area contributed by atoms with Crippen LogP contribution in [0.1, 0.15) is 12.0 Å². The Morgan fingerprint density at radius 3 is 2.56 bits per heavy atom. The van der Waals surface area contributed by atoms with E-state index in [0.29, 0.717) is 6.42 Å². The van der Waals surface area contributed by atoms with Gasteiger partial charge in [-0.15, -0.1) is 0 Å². The van der Waals surface area contributed by atoms with E-state index in [4.69, 9.17) is 5.11 Å². The van der Waals surface area contributed by atoms with Crippen LogP contribution in [0.25, 0.3) is 0 Å². The number of esters is 1. The van der Waals surface area contributed by atoms with Crippen molar-refractivity contribution in [2.45, 2.75) is 18.9 Å². The summed E-state index contributed by atoms with van der Waals surface area (Å²) in [5.74, 6) is -0.936. The molecule has 18 heavy (non-hydrogen) atoms. The van der Waals surface area contributed by atoms with Crippen molar-refractivity contribution in [2.75, 3.05) is 13.7 Å². The third-order valence-corrected chi connectivity index (χ3v) is 2.49. The van der Waals surface area contributed by atoms with Crippen LogP contribution in [0.4, 0.5) is 0 Å². The third kappa shape index (κ3) is 4.55. The van der Waals surface area contributed by atoms with E-state index < -0.39 is 18.6 Å². The Morgan fingerprint density at radius 2 is 2.00 bits per heavy atom. The number of carbonyl (C=O) groups excluding carboxylic acids is 2. The van der Waals surface area contributed by atoms with Gasteiger partial charge >= 0.3 is 5.97 Å². The molecule has 0 aromatic heterocycles. The number of aliphatic hydroxyl groups excluding tert-OH is 1. The molecule has 1 rings (SSSR count). The summed E-state index contributed by atoms with van der Waals surface area (Å²) in [5.41, 5.74) is 1.05. The molecule has 0 spiro atoms. The maximum Gasteiger partial charge on any atom is 0.330 e. The topological polar surface area (TPSA) is 75.6 Å². The third-order valence-electron chi connectivity index (χ3n) is 2.49. The average molecular weight is 251 g/mol. The first-order chi connectivity index (χ1) is 8.67. The van der Waals surface area contributed by atoms with Gasteiger partial charge in [-0.05, 0) is 12.0 Å². The van der Waals surface area contributed by atoms with Crippen molar-refractivity contribution in [3.8, 4) is 0 Å². The van der Waals surface area contributed by atoms with Crippen LogP contribution in [0.15, 0.2) is 30.3 Å². The molecular formula is C13H17NO4. The fourth-order valence-electron chi connectivity index (χ4n) is 1.49. The fraction of sp³-hybridized carbons (Fsp3) is 0.385. The van der Waals surface area contributed by atoms with Crippen molar-refractivity contribution in [3.05, 3.63) is 35.9 Å². The summed E-state index contributed by atoms with van der Waals surface area (Å²) >= 11 is 0. The van der Waals surface area contributed by atoms with Crippen LogP contribution in [0.2, 0.25) is 0 Å². The SMILES string of the molecule is COC(=O)C(CO)NC(=O)CCc1ccccc1. The van der Waals surface area contributed by atoms with Crippen LogP contribution >= 0.6 is 0 Å². The lowest BCUT2D eigenvalue weighted by Crippen LogP contribution is -2.44. The van der Waals surface area contributed by atoms with Crippen LogP contribution in [0.3, 0.4) is 0 Å². The zero-order chi connectivity index (χ0) is 13.4. The van der Waals surface area contributed by atoms with E-state index >= 15 is 0 Å². The van der Waals surface area contributed by atoms with Crippen molar-refractivity contribution in [2.24, 2.45) is 0 Å². The summed E-state index contributed by atoms with van der Waals surface area (Å²) in [5, 5.41) is 11.4. The van der Waals surface area contributed by atoms with Crippen LogP contribution in [0.5, 0.6) is 0 Å². The molecule has 5 nitrogen and oxygen atoms in total. The number of amides is 1. The number of hydrogen-bond donors (Lipinski definition) is 2. The van der Waals surface area contributed by atoms with Crippen LogP contribution in [-0.2, 0) is 20.7 Å². The molecule has 0 aliphatic rings. The van der Waals surface area contributed by atoms with Gasteiger partial charge in [-0.3, -0.25) is 4.79 Å². The molecule has 0 saturated heterocycles. The smallest absolute Gasteiger partial charge is 0.330 e. The van der Waals surface area contributed by atoms with E-state index in [0.717, 1.165) is 5.56 Å². The minimum Gasteiger partial charge on any atom is -0.467 e. The van der Waals surface area contributed by atoms with Gasteiger partial charge in [-0.2, -0.15) is 0 Å². The van der Waals surface area contributed by atoms with Crippen LogP contribution in [-0.4, -0.2) is 36.7 Å². The highest BCUT2D eigenvalue weighted by Gasteiger charge is 2.19. The summed E-state index contributed by atoms with van der Waals surface area (Å²) in [4.78, 5) is 22.7. The summed E-state index contributed by atoms with van der Waals surface area (Å²) in [6, 6.07) is 8.58. The molecule has 0 bridgehead atoms. The van der Waals surface area contributed by atoms with Crippen molar-refractivity contribution >= 4 is 11.9 Å². The summed E-state index contributed by atoms with van der Waals surface area (Å²) in [6.45, 7) is -0.469. The van der Waals surface area contributed by atoms with Gasteiger partial charge in [-0.1, -0.05) is 30.3 Å². The zero-order valence-corrected chi connectivity index (χ0v) is 10.3. The molecule has 2 N–H and O–H groups in total. The van der Waals surface area contributed by atoms with Gasteiger partial charge in [0.05, 0.1) is 13.7 Å². The molecule has 1 aromatic carbocycles. The van der Waals surface area contributed by atoms with E-state index in [1.807, 2.05) is 30.3 Å². The molecule has 0 aliphatic heterocycles. The molecule has 1 atom stereocenters. The first-order valence-corrected chi connectivity index (χ1v) is 5.69. The average Bonchev–Trinajstić information content (AvgIpc) is 2.42. The summed E-state index contributed by atoms with van der Waals surface area (Å²) in [6.07, 6.45) is 0.851. The molecule has 1 amide bonds. The van der Waals surface area contributed by atoms with Crippen molar-refractivity contribution in [3.63, 3.8) is 0 Å². The van der Waals surface area contributed by atoms with Gasteiger partial charge < -0.3 is 15.2 Å². The number of benzene rings is 1. The standard InChI is InChI=1S/C13H17NO4/c1-18-13(17)11(9-15)14-12(16)8-7-10-5-3-2-4-6-10/h2-6,11,15H,7-9H2,1H3,(H,14,16). The van der Waals surface area contributed by atoms with E-state index in [2.05, 4.69) is 10.1 Å². The second-order valence-corrected chi connectivity index (χ2v) is 3.81. The molecule has 5 heteroatoms. The van der Waals surface area contributed by atoms with E-state index in [9.17, 15) is 9.59 Å². The van der Waals surface area contributed by atoms with Crippen molar-refractivity contribution in [1.29, 1.82) is 0 Å². The van der Waals surface area contributed by atoms with Crippen molar-refractivity contribution < 1.29 is 19.4 Å². The fourth-order valence-corrected chi connectivity index (χ4v) is 1.49. The molecule has 1 aromatic rings. The highest BCUT2D eigenvalue weighted by molar-refractivity contribution is 5.84. The number of aliphatic hydroxyl groups is 1. The predicted octanol–water partition coefficient (Wildman–Crippen LogP) is 0.269. The summed E-state index contributed by atoms with van der Waals surface area (Å²) < 4.78 is 4.45. The predicted molar refractivity (Wildman–Crippen MR) is 65.8 cm³/mol. The zero-order valence-electron chi connectivity index (χ0n) is 10.3. The molecule has 0 heterocycles. The molecule has 1 unspecified atom stereocenters. The van der Waals surface area contributed by atoms with Crippen molar-refractivity contribution in [1.82, 2.24) is 5.32 Å². The van der Waals surface area contributed by atoms with Crippen LogP contribution in [0, 0.1) is 0 Å². The first kappa shape index (κ1) is 14.2. The maximum absolute atomic E-state index is 11.6. The molecule has 0 saturated carbocycles. The number of nitrogens with one attached hydrogen (secondary N) is 1. The second kappa shape index (κ2) is 7.45. The minimum absolute atomic E-state index is 0.261. The van der Waals surface area contributed by atoms with Gasteiger partial charge in [0, 0.05) is 6.42 Å². The number of ether oxygens (including phenoxy) is 1. The normalized spacial score (nSPS) is 11.7. The molecule has 0 aliphatic carbocycles. The highest BCUT2D eigenvalue weighted by Crippen LogP contribution is 2.02. The minimum atomic E-state index is -0.988. The molecule has 98 valence electrons. The maximum atomic E-state index is 11.6. The lowest BCUT2D eigenvalue weighted by atomic mass is 10.1. The Hall–Kier alpha value is -1.88. The number of aryl methyl sites for hydroxylation is 1. The van der Waals surface area contributed by atoms with E-state index in [-0.39, 0.29) is 12.3 Å². The Kier molecular flexibility index (Phi) is 5.87. The lowest BCUT2D eigenvalue weighted by molar-refractivity contribution is -0.146. The van der Waals surface area contributed by atoms with Gasteiger partial charge in [0.15, 0.2) is 6.04 Å². The van der Waals surface area contributed by atoms with Gasteiger partial charge in [-0.25, -0.2) is 4.79 Å². The van der Waals surface area contributed by atoms with E-state index in [1.54, 1.807) is 0 Å². The number of rotatable bonds is 6. The quantitative estimate of drug-likeness (QED) is 0.712. The Labute approximate surface area is 106 Å². The lowest BCUT2D eigenvalue weighted by Gasteiger charge is -2.13. The summed E-state index contributed by atoms with van der Waals surface area (Å²) in [7, 11) is 1.21.